The van der Waals surface area contributed by atoms with Gasteiger partial charge in [0.05, 0.1) is 11.3 Å². The van der Waals surface area contributed by atoms with Gasteiger partial charge in [0, 0.05) is 5.56 Å². The van der Waals surface area contributed by atoms with Gasteiger partial charge in [0.2, 0.25) is 5.82 Å². The molecule has 1 heterocycles. The number of carbonyl (C=O) groups excluding carboxylic acids is 1. The van der Waals surface area contributed by atoms with Crippen molar-refractivity contribution >= 4 is 17.4 Å². The molecular weight excluding hydrogens is 278 g/mol. The number of nitrogens with one attached hydrogen (secondary N) is 3. The number of aromatic amines is 1. The number of carbonyl (C=O) groups is 1. The molecule has 2 aromatic rings. The third kappa shape index (κ3) is 3.21. The summed E-state index contributed by atoms with van der Waals surface area (Å²) in [7, 11) is 0. The minimum atomic E-state index is -0.915. The Hall–Kier alpha value is -3.23. The number of hydrogen-bond acceptors (Lipinski definition) is 6. The van der Waals surface area contributed by atoms with Crippen LogP contribution in [0.4, 0.5) is 11.5 Å². The number of hydrazine groups is 1. The number of aromatic nitrogens is 2. The lowest BCUT2D eigenvalue weighted by atomic mass is 10.1. The molecule has 0 spiro atoms. The summed E-state index contributed by atoms with van der Waals surface area (Å²) < 4.78 is 0. The maximum Gasteiger partial charge on any atom is 0.377 e. The van der Waals surface area contributed by atoms with Crippen molar-refractivity contribution in [2.24, 2.45) is 0 Å². The lowest BCUT2D eigenvalue weighted by molar-refractivity contribution is -0.385. The molecule has 1 aromatic heterocycles. The quantitative estimate of drug-likeness (QED) is 0.562. The Morgan fingerprint density at radius 3 is 2.62 bits per heavy atom. The molecule has 0 fully saturated rings. The van der Waals surface area contributed by atoms with Gasteiger partial charge in [0.15, 0.2) is 0 Å². The van der Waals surface area contributed by atoms with Gasteiger partial charge in [-0.3, -0.25) is 30.6 Å². The highest BCUT2D eigenvalue weighted by Crippen LogP contribution is 2.13. The number of H-pyrrole nitrogens is 1. The minimum absolute atomic E-state index is 0.343. The number of nitro groups is 1. The average molecular weight is 289 g/mol. The van der Waals surface area contributed by atoms with Gasteiger partial charge in [0.25, 0.3) is 5.91 Å². The predicted molar refractivity (Wildman–Crippen MR) is 73.8 cm³/mol. The van der Waals surface area contributed by atoms with E-state index in [0.717, 1.165) is 11.9 Å². The van der Waals surface area contributed by atoms with Gasteiger partial charge in [-0.05, 0) is 19.1 Å². The van der Waals surface area contributed by atoms with Crippen molar-refractivity contribution < 1.29 is 9.72 Å². The summed E-state index contributed by atoms with van der Waals surface area (Å²) in [6.07, 6.45) is 0.996. The van der Waals surface area contributed by atoms with Crippen LogP contribution >= 0.6 is 0 Å². The summed E-state index contributed by atoms with van der Waals surface area (Å²) >= 11 is 0. The molecule has 0 atom stereocenters. The number of amides is 1. The Balaban J connectivity index is 2.15. The number of rotatable bonds is 4. The largest absolute Gasteiger partial charge is 0.377 e. The molecule has 0 saturated heterocycles. The summed E-state index contributed by atoms with van der Waals surface area (Å²) in [6.45, 7) is 1.88. The average Bonchev–Trinajstić information content (AvgIpc) is 2.45. The maximum atomic E-state index is 11.8. The Morgan fingerprint density at radius 2 is 2.00 bits per heavy atom. The Morgan fingerprint density at radius 1 is 1.33 bits per heavy atom. The minimum Gasteiger partial charge on any atom is -0.307 e. The Bertz CT molecular complexity index is 738. The van der Waals surface area contributed by atoms with Crippen LogP contribution < -0.4 is 16.4 Å². The van der Waals surface area contributed by atoms with E-state index in [1.807, 2.05) is 6.92 Å². The zero-order valence-corrected chi connectivity index (χ0v) is 10.9. The molecule has 9 nitrogen and oxygen atoms in total. The molecule has 2 rings (SSSR count). The van der Waals surface area contributed by atoms with Gasteiger partial charge in [-0.1, -0.05) is 17.7 Å². The van der Waals surface area contributed by atoms with Crippen molar-refractivity contribution in [3.05, 3.63) is 62.2 Å². The zero-order chi connectivity index (χ0) is 15.4. The van der Waals surface area contributed by atoms with E-state index in [4.69, 9.17) is 0 Å². The first-order valence-electron chi connectivity index (χ1n) is 5.84. The topological polar surface area (TPSA) is 130 Å². The summed E-state index contributed by atoms with van der Waals surface area (Å²) in [5.41, 5.74) is 4.19. The van der Waals surface area contributed by atoms with Gasteiger partial charge in [0.1, 0.15) is 0 Å². The van der Waals surface area contributed by atoms with E-state index >= 15 is 0 Å². The van der Waals surface area contributed by atoms with Crippen LogP contribution in [0.5, 0.6) is 0 Å². The van der Waals surface area contributed by atoms with Crippen LogP contribution in [0.15, 0.2) is 35.4 Å². The molecular formula is C12H11N5O4. The molecule has 0 radical (unpaired) electrons. The molecule has 0 saturated carbocycles. The van der Waals surface area contributed by atoms with Gasteiger partial charge in [-0.15, -0.1) is 0 Å². The first-order valence-corrected chi connectivity index (χ1v) is 5.84. The van der Waals surface area contributed by atoms with E-state index in [0.29, 0.717) is 5.56 Å². The van der Waals surface area contributed by atoms with E-state index < -0.39 is 22.1 Å². The molecule has 0 aliphatic carbocycles. The third-order valence-corrected chi connectivity index (χ3v) is 2.62. The van der Waals surface area contributed by atoms with Gasteiger partial charge in [-0.25, -0.2) is 4.98 Å². The molecule has 0 aliphatic heterocycles. The van der Waals surface area contributed by atoms with Crippen LogP contribution in [0.2, 0.25) is 0 Å². The fourth-order valence-corrected chi connectivity index (χ4v) is 1.55. The molecule has 0 bridgehead atoms. The number of benzene rings is 1. The van der Waals surface area contributed by atoms with Crippen molar-refractivity contribution in [1.82, 2.24) is 15.4 Å². The normalized spacial score (nSPS) is 9.95. The first kappa shape index (κ1) is 14.2. The molecule has 0 aliphatic rings. The maximum absolute atomic E-state index is 11.8. The van der Waals surface area contributed by atoms with E-state index in [9.17, 15) is 19.7 Å². The zero-order valence-electron chi connectivity index (χ0n) is 10.9. The lowest BCUT2D eigenvalue weighted by Crippen LogP contribution is -2.31. The van der Waals surface area contributed by atoms with Crippen molar-refractivity contribution in [3.8, 4) is 0 Å². The van der Waals surface area contributed by atoms with Crippen molar-refractivity contribution in [2.45, 2.75) is 6.92 Å². The van der Waals surface area contributed by atoms with Crippen LogP contribution in [0, 0.1) is 17.0 Å². The van der Waals surface area contributed by atoms with Crippen LogP contribution in [-0.4, -0.2) is 20.8 Å². The van der Waals surface area contributed by atoms with Gasteiger partial charge >= 0.3 is 11.2 Å². The highest BCUT2D eigenvalue weighted by molar-refractivity contribution is 5.94. The lowest BCUT2D eigenvalue weighted by Gasteiger charge is -2.07. The van der Waals surface area contributed by atoms with Gasteiger partial charge < -0.3 is 4.98 Å². The molecule has 21 heavy (non-hydrogen) atoms. The third-order valence-electron chi connectivity index (χ3n) is 2.62. The molecule has 9 heteroatoms. The van der Waals surface area contributed by atoms with Crippen molar-refractivity contribution in [2.75, 3.05) is 5.43 Å². The fourth-order valence-electron chi connectivity index (χ4n) is 1.55. The monoisotopic (exact) mass is 289 g/mol. The Kier molecular flexibility index (Phi) is 3.93. The van der Waals surface area contributed by atoms with E-state index in [1.165, 1.54) is 0 Å². The molecule has 3 N–H and O–H groups in total. The van der Waals surface area contributed by atoms with Crippen molar-refractivity contribution in [1.29, 1.82) is 0 Å². The number of aryl methyl sites for hydroxylation is 1. The fraction of sp³-hybridized carbons (Fsp3) is 0.0833. The molecule has 0 unspecified atom stereocenters. The number of hydrogen-bond donors (Lipinski definition) is 3. The van der Waals surface area contributed by atoms with Crippen LogP contribution in [-0.2, 0) is 0 Å². The van der Waals surface area contributed by atoms with Crippen LogP contribution in [0.3, 0.4) is 0 Å². The molecule has 1 amide bonds. The standard InChI is InChI=1S/C12H11N5O4/c1-7-2-4-8(5-3-7)11(18)16-15-10-9(17(20)21)12(19)14-6-13-10/h2-6H,1H3,(H,16,18)(H2,13,14,15,19). The summed E-state index contributed by atoms with van der Waals surface area (Å²) in [5, 5.41) is 10.8. The number of nitrogens with zero attached hydrogens (tertiary/aromatic N) is 2. The van der Waals surface area contributed by atoms with E-state index in [-0.39, 0.29) is 5.82 Å². The van der Waals surface area contributed by atoms with Crippen LogP contribution in [0.25, 0.3) is 0 Å². The smallest absolute Gasteiger partial charge is 0.307 e. The SMILES string of the molecule is Cc1ccc(C(=O)NNc2nc[nH]c(=O)c2[N+](=O)[O-])cc1. The highest BCUT2D eigenvalue weighted by Gasteiger charge is 2.20. The molecule has 108 valence electrons. The second-order valence-corrected chi connectivity index (χ2v) is 4.13. The predicted octanol–water partition coefficient (Wildman–Crippen LogP) is 0.743. The summed E-state index contributed by atoms with van der Waals surface area (Å²) in [5.74, 6) is -0.851. The number of anilines is 1. The second-order valence-electron chi connectivity index (χ2n) is 4.13. The second kappa shape index (κ2) is 5.82. The molecule has 1 aromatic carbocycles. The summed E-state index contributed by atoms with van der Waals surface area (Å²) in [6, 6.07) is 6.71. The first-order chi connectivity index (χ1) is 9.99. The summed E-state index contributed by atoms with van der Waals surface area (Å²) in [4.78, 5) is 38.8. The van der Waals surface area contributed by atoms with Crippen molar-refractivity contribution in [3.63, 3.8) is 0 Å². The Labute approximate surface area is 118 Å². The van der Waals surface area contributed by atoms with E-state index in [1.54, 1.807) is 24.3 Å². The highest BCUT2D eigenvalue weighted by atomic mass is 16.6. The van der Waals surface area contributed by atoms with E-state index in [2.05, 4.69) is 20.8 Å². The van der Waals surface area contributed by atoms with Gasteiger partial charge in [-0.2, -0.15) is 0 Å². The van der Waals surface area contributed by atoms with Crippen LogP contribution in [0.1, 0.15) is 15.9 Å².